The predicted molar refractivity (Wildman–Crippen MR) is 90.8 cm³/mol. The molecule has 7 nitrogen and oxygen atoms in total. The highest BCUT2D eigenvalue weighted by molar-refractivity contribution is 5.92. The third kappa shape index (κ3) is 3.49. The second-order valence-corrected chi connectivity index (χ2v) is 6.43. The molecule has 0 spiro atoms. The SMILES string of the molecule is CCC1CCCCN1C(=O)c1ccnc(N2CCN(C=O)CC2)n1. The highest BCUT2D eigenvalue weighted by Gasteiger charge is 2.27. The number of carbonyl (C=O) groups is 2. The van der Waals surface area contributed by atoms with Crippen molar-refractivity contribution in [3.05, 3.63) is 18.0 Å². The average Bonchev–Trinajstić information content (AvgIpc) is 2.67. The maximum absolute atomic E-state index is 12.9. The molecular formula is C17H25N5O2. The zero-order valence-electron chi connectivity index (χ0n) is 14.2. The first kappa shape index (κ1) is 16.7. The van der Waals surface area contributed by atoms with E-state index in [4.69, 9.17) is 0 Å². The van der Waals surface area contributed by atoms with Crippen LogP contribution in [0.2, 0.25) is 0 Å². The number of hydrogen-bond donors (Lipinski definition) is 0. The quantitative estimate of drug-likeness (QED) is 0.775. The molecule has 2 saturated heterocycles. The zero-order chi connectivity index (χ0) is 16.9. The van der Waals surface area contributed by atoms with Gasteiger partial charge in [-0.2, -0.15) is 0 Å². The fraction of sp³-hybridized carbons (Fsp3) is 0.647. The first-order valence-electron chi connectivity index (χ1n) is 8.81. The Morgan fingerprint density at radius 1 is 1.25 bits per heavy atom. The molecule has 1 aromatic heterocycles. The minimum atomic E-state index is 0.0109. The molecule has 0 aliphatic carbocycles. The van der Waals surface area contributed by atoms with Gasteiger partial charge in [0.05, 0.1) is 0 Å². The van der Waals surface area contributed by atoms with Crippen molar-refractivity contribution in [1.82, 2.24) is 19.8 Å². The molecule has 1 aromatic rings. The van der Waals surface area contributed by atoms with Crippen LogP contribution < -0.4 is 4.90 Å². The Morgan fingerprint density at radius 2 is 2.04 bits per heavy atom. The normalized spacial score (nSPS) is 21.7. The van der Waals surface area contributed by atoms with Crippen molar-refractivity contribution in [1.29, 1.82) is 0 Å². The van der Waals surface area contributed by atoms with E-state index >= 15 is 0 Å². The summed E-state index contributed by atoms with van der Waals surface area (Å²) in [6.45, 7) is 5.66. The molecule has 2 amide bonds. The van der Waals surface area contributed by atoms with E-state index in [0.29, 0.717) is 43.9 Å². The van der Waals surface area contributed by atoms with Gasteiger partial charge in [0.1, 0.15) is 5.69 Å². The van der Waals surface area contributed by atoms with E-state index in [0.717, 1.165) is 32.2 Å². The van der Waals surface area contributed by atoms with Crippen molar-refractivity contribution in [3.63, 3.8) is 0 Å². The molecule has 0 N–H and O–H groups in total. The van der Waals surface area contributed by atoms with E-state index < -0.39 is 0 Å². The van der Waals surface area contributed by atoms with Gasteiger partial charge in [0.25, 0.3) is 5.91 Å². The molecular weight excluding hydrogens is 306 g/mol. The van der Waals surface area contributed by atoms with E-state index in [1.165, 1.54) is 6.42 Å². The van der Waals surface area contributed by atoms with E-state index in [9.17, 15) is 9.59 Å². The Kier molecular flexibility index (Phi) is 5.27. The van der Waals surface area contributed by atoms with Crippen LogP contribution in [0.25, 0.3) is 0 Å². The van der Waals surface area contributed by atoms with Gasteiger partial charge in [-0.3, -0.25) is 9.59 Å². The number of nitrogens with zero attached hydrogens (tertiary/aromatic N) is 5. The van der Waals surface area contributed by atoms with Gasteiger partial charge < -0.3 is 14.7 Å². The van der Waals surface area contributed by atoms with Gasteiger partial charge in [-0.1, -0.05) is 6.92 Å². The van der Waals surface area contributed by atoms with Crippen molar-refractivity contribution in [2.24, 2.45) is 0 Å². The van der Waals surface area contributed by atoms with Crippen molar-refractivity contribution >= 4 is 18.3 Å². The van der Waals surface area contributed by atoms with Gasteiger partial charge in [0, 0.05) is 45.0 Å². The second-order valence-electron chi connectivity index (χ2n) is 6.43. The molecule has 3 heterocycles. The maximum Gasteiger partial charge on any atom is 0.272 e. The van der Waals surface area contributed by atoms with Gasteiger partial charge in [0.2, 0.25) is 12.4 Å². The molecule has 0 bridgehead atoms. The van der Waals surface area contributed by atoms with Gasteiger partial charge >= 0.3 is 0 Å². The van der Waals surface area contributed by atoms with Crippen LogP contribution in [0, 0.1) is 0 Å². The molecule has 1 unspecified atom stereocenters. The molecule has 0 radical (unpaired) electrons. The summed E-state index contributed by atoms with van der Waals surface area (Å²) >= 11 is 0. The lowest BCUT2D eigenvalue weighted by atomic mass is 9.99. The summed E-state index contributed by atoms with van der Waals surface area (Å²) in [5.74, 6) is 0.591. The lowest BCUT2D eigenvalue weighted by molar-refractivity contribution is -0.118. The van der Waals surface area contributed by atoms with Gasteiger partial charge in [-0.05, 0) is 31.7 Å². The first-order valence-corrected chi connectivity index (χ1v) is 8.81. The molecule has 0 saturated carbocycles. The summed E-state index contributed by atoms with van der Waals surface area (Å²) in [6.07, 6.45) is 6.85. The number of piperidine rings is 1. The highest BCUT2D eigenvalue weighted by Crippen LogP contribution is 2.22. The summed E-state index contributed by atoms with van der Waals surface area (Å²) in [5.41, 5.74) is 0.471. The summed E-state index contributed by atoms with van der Waals surface area (Å²) in [4.78, 5) is 38.2. The first-order chi connectivity index (χ1) is 11.7. The van der Waals surface area contributed by atoms with Crippen LogP contribution in [0.1, 0.15) is 43.1 Å². The standard InChI is InChI=1S/C17H25N5O2/c1-2-14-5-3-4-8-22(14)16(24)15-6-7-18-17(19-15)21-11-9-20(13-23)10-12-21/h6-7,13-14H,2-5,8-12H2,1H3. The number of aromatic nitrogens is 2. The smallest absolute Gasteiger partial charge is 0.272 e. The Morgan fingerprint density at radius 3 is 2.75 bits per heavy atom. The maximum atomic E-state index is 12.9. The molecule has 7 heteroatoms. The van der Waals surface area contributed by atoms with E-state index in [1.807, 2.05) is 9.80 Å². The summed E-state index contributed by atoms with van der Waals surface area (Å²) in [6, 6.07) is 2.02. The number of piperazine rings is 1. The average molecular weight is 331 g/mol. The van der Waals surface area contributed by atoms with Crippen molar-refractivity contribution in [2.75, 3.05) is 37.6 Å². The van der Waals surface area contributed by atoms with Crippen LogP contribution in [-0.2, 0) is 4.79 Å². The number of hydrogen-bond acceptors (Lipinski definition) is 5. The van der Waals surface area contributed by atoms with E-state index in [2.05, 4.69) is 16.9 Å². The van der Waals surface area contributed by atoms with Crippen LogP contribution in [0.4, 0.5) is 5.95 Å². The fourth-order valence-corrected chi connectivity index (χ4v) is 3.49. The van der Waals surface area contributed by atoms with Crippen LogP contribution in [0.5, 0.6) is 0 Å². The van der Waals surface area contributed by atoms with Gasteiger partial charge in [-0.25, -0.2) is 9.97 Å². The summed E-state index contributed by atoms with van der Waals surface area (Å²) in [5, 5.41) is 0. The molecule has 2 fully saturated rings. The second kappa shape index (κ2) is 7.59. The Bertz CT molecular complexity index is 586. The lowest BCUT2D eigenvalue weighted by Gasteiger charge is -2.35. The number of anilines is 1. The van der Waals surface area contributed by atoms with Crippen LogP contribution in [0.15, 0.2) is 12.3 Å². The molecule has 2 aliphatic heterocycles. The van der Waals surface area contributed by atoms with Crippen molar-refractivity contribution in [2.45, 2.75) is 38.6 Å². The summed E-state index contributed by atoms with van der Waals surface area (Å²) in [7, 11) is 0. The minimum Gasteiger partial charge on any atom is -0.342 e. The Hall–Kier alpha value is -2.18. The molecule has 0 aromatic carbocycles. The van der Waals surface area contributed by atoms with E-state index in [1.54, 1.807) is 17.2 Å². The van der Waals surface area contributed by atoms with Crippen LogP contribution in [0.3, 0.4) is 0 Å². The predicted octanol–water partition coefficient (Wildman–Crippen LogP) is 1.16. The van der Waals surface area contributed by atoms with Crippen molar-refractivity contribution < 1.29 is 9.59 Å². The summed E-state index contributed by atoms with van der Waals surface area (Å²) < 4.78 is 0. The Balaban J connectivity index is 1.73. The third-order valence-corrected chi connectivity index (χ3v) is 4.97. The van der Waals surface area contributed by atoms with Crippen molar-refractivity contribution in [3.8, 4) is 0 Å². The molecule has 1 atom stereocenters. The molecule has 2 aliphatic rings. The van der Waals surface area contributed by atoms with Gasteiger partial charge in [0.15, 0.2) is 0 Å². The number of amides is 2. The van der Waals surface area contributed by atoms with E-state index in [-0.39, 0.29) is 5.91 Å². The lowest BCUT2D eigenvalue weighted by Crippen LogP contribution is -2.46. The number of rotatable bonds is 4. The van der Waals surface area contributed by atoms with Gasteiger partial charge in [-0.15, -0.1) is 0 Å². The third-order valence-electron chi connectivity index (χ3n) is 4.97. The van der Waals surface area contributed by atoms with Crippen LogP contribution in [-0.4, -0.2) is 70.9 Å². The number of carbonyl (C=O) groups excluding carboxylic acids is 2. The zero-order valence-corrected chi connectivity index (χ0v) is 14.2. The molecule has 130 valence electrons. The minimum absolute atomic E-state index is 0.0109. The Labute approximate surface area is 142 Å². The molecule has 3 rings (SSSR count). The molecule has 24 heavy (non-hydrogen) atoms. The van der Waals surface area contributed by atoms with Crippen LogP contribution >= 0.6 is 0 Å². The fourth-order valence-electron chi connectivity index (χ4n) is 3.49. The topological polar surface area (TPSA) is 69.6 Å². The number of likely N-dealkylation sites (tertiary alicyclic amines) is 1. The monoisotopic (exact) mass is 331 g/mol. The largest absolute Gasteiger partial charge is 0.342 e. The highest BCUT2D eigenvalue weighted by atomic mass is 16.2.